The van der Waals surface area contributed by atoms with E-state index in [-0.39, 0.29) is 17.7 Å². The Bertz CT molecular complexity index is 515. The number of esters is 1. The lowest BCUT2D eigenvalue weighted by atomic mass is 10.0. The van der Waals surface area contributed by atoms with Gasteiger partial charge in [-0.15, -0.1) is 11.8 Å². The van der Waals surface area contributed by atoms with E-state index in [4.69, 9.17) is 0 Å². The molecule has 1 aliphatic heterocycles. The van der Waals surface area contributed by atoms with E-state index in [1.807, 2.05) is 13.8 Å². The first-order chi connectivity index (χ1) is 12.6. The average Bonchev–Trinajstić information content (AvgIpc) is 3.09. The van der Waals surface area contributed by atoms with E-state index >= 15 is 0 Å². The van der Waals surface area contributed by atoms with E-state index in [1.165, 1.54) is 13.5 Å². The van der Waals surface area contributed by atoms with Gasteiger partial charge in [0, 0.05) is 31.2 Å². The van der Waals surface area contributed by atoms with Crippen LogP contribution in [-0.4, -0.2) is 42.9 Å². The van der Waals surface area contributed by atoms with E-state index < -0.39 is 0 Å². The summed E-state index contributed by atoms with van der Waals surface area (Å²) in [4.78, 5) is 25.8. The van der Waals surface area contributed by atoms with Gasteiger partial charge in [-0.1, -0.05) is 32.8 Å². The van der Waals surface area contributed by atoms with E-state index in [1.54, 1.807) is 6.08 Å². The standard InChI is InChI=1S/C22H35NO3/c1-4-5-8-12-19(2)21(24)16-15-20-13-11-18-23(20)17-10-7-6-9-14-22(25)26-3/h15-16,19-20H,4,6-7,9-14,17-18H2,1-3H3/b16-15+/t19?,20-/m1/s1. The van der Waals surface area contributed by atoms with Gasteiger partial charge in [0.05, 0.1) is 7.11 Å². The Morgan fingerprint density at radius 2 is 2.00 bits per heavy atom. The number of methoxy groups -OCH3 is 1. The van der Waals surface area contributed by atoms with E-state index in [0.717, 1.165) is 51.6 Å². The number of allylic oxidation sites excluding steroid dienone is 1. The second-order valence-electron chi connectivity index (χ2n) is 7.06. The molecule has 146 valence electrons. The second kappa shape index (κ2) is 13.6. The summed E-state index contributed by atoms with van der Waals surface area (Å²) >= 11 is 0. The zero-order valence-electron chi connectivity index (χ0n) is 16.8. The molecule has 1 unspecified atom stereocenters. The van der Waals surface area contributed by atoms with Crippen LogP contribution in [0, 0.1) is 17.8 Å². The summed E-state index contributed by atoms with van der Waals surface area (Å²) < 4.78 is 4.65. The molecule has 4 nitrogen and oxygen atoms in total. The average molecular weight is 362 g/mol. The number of unbranched alkanes of at least 4 members (excludes halogenated alkanes) is 3. The van der Waals surface area contributed by atoms with Crippen LogP contribution >= 0.6 is 0 Å². The van der Waals surface area contributed by atoms with Crippen molar-refractivity contribution in [1.29, 1.82) is 0 Å². The molecule has 0 N–H and O–H groups in total. The molecule has 0 aromatic heterocycles. The Hall–Kier alpha value is -1.60. The predicted molar refractivity (Wildman–Crippen MR) is 106 cm³/mol. The maximum atomic E-state index is 12.2. The van der Waals surface area contributed by atoms with Crippen LogP contribution in [0.5, 0.6) is 0 Å². The van der Waals surface area contributed by atoms with E-state index in [9.17, 15) is 9.59 Å². The first-order valence-electron chi connectivity index (χ1n) is 10.1. The molecular weight excluding hydrogens is 326 g/mol. The largest absolute Gasteiger partial charge is 0.469 e. The molecule has 1 rings (SSSR count). The van der Waals surface area contributed by atoms with Gasteiger partial charge in [0.15, 0.2) is 5.78 Å². The number of carbonyl (C=O) groups excluding carboxylic acids is 2. The van der Waals surface area contributed by atoms with Crippen LogP contribution in [0.1, 0.15) is 71.6 Å². The Balaban J connectivity index is 2.27. The molecule has 4 heteroatoms. The van der Waals surface area contributed by atoms with Crippen molar-refractivity contribution in [2.75, 3.05) is 20.2 Å². The third-order valence-electron chi connectivity index (χ3n) is 4.90. The van der Waals surface area contributed by atoms with Crippen molar-refractivity contribution in [2.45, 2.75) is 77.7 Å². The van der Waals surface area contributed by atoms with E-state index in [2.05, 4.69) is 27.6 Å². The lowest BCUT2D eigenvalue weighted by Gasteiger charge is -2.21. The molecule has 0 aliphatic carbocycles. The van der Waals surface area contributed by atoms with Crippen molar-refractivity contribution in [2.24, 2.45) is 5.92 Å². The van der Waals surface area contributed by atoms with Crippen LogP contribution in [0.15, 0.2) is 12.2 Å². The molecule has 26 heavy (non-hydrogen) atoms. The molecule has 1 saturated heterocycles. The molecule has 0 spiro atoms. The van der Waals surface area contributed by atoms with Gasteiger partial charge in [0.1, 0.15) is 0 Å². The fraction of sp³-hybridized carbons (Fsp3) is 0.727. The Labute approximate surface area is 159 Å². The molecule has 0 bridgehead atoms. The number of likely N-dealkylation sites (tertiary alicyclic amines) is 1. The van der Waals surface area contributed by atoms with Gasteiger partial charge in [0.2, 0.25) is 0 Å². The zero-order chi connectivity index (χ0) is 19.2. The summed E-state index contributed by atoms with van der Waals surface area (Å²) in [6.07, 6.45) is 12.5. The molecule has 0 aromatic rings. The van der Waals surface area contributed by atoms with Gasteiger partial charge < -0.3 is 4.74 Å². The normalized spacial score (nSPS) is 18.5. The van der Waals surface area contributed by atoms with Crippen LogP contribution in [0.3, 0.4) is 0 Å². The van der Waals surface area contributed by atoms with Crippen molar-refractivity contribution < 1.29 is 14.3 Å². The number of hydrogen-bond donors (Lipinski definition) is 0. The van der Waals surface area contributed by atoms with Crippen molar-refractivity contribution in [3.05, 3.63) is 12.2 Å². The topological polar surface area (TPSA) is 46.6 Å². The van der Waals surface area contributed by atoms with Crippen molar-refractivity contribution in [3.63, 3.8) is 0 Å². The van der Waals surface area contributed by atoms with Crippen LogP contribution in [0.4, 0.5) is 0 Å². The molecule has 2 atom stereocenters. The first-order valence-corrected chi connectivity index (χ1v) is 10.1. The Morgan fingerprint density at radius 3 is 2.73 bits per heavy atom. The highest BCUT2D eigenvalue weighted by Crippen LogP contribution is 2.20. The van der Waals surface area contributed by atoms with Gasteiger partial charge in [0.25, 0.3) is 0 Å². The fourth-order valence-electron chi connectivity index (χ4n) is 3.21. The molecule has 1 fully saturated rings. The zero-order valence-corrected chi connectivity index (χ0v) is 16.8. The van der Waals surface area contributed by atoms with E-state index in [0.29, 0.717) is 18.9 Å². The maximum absolute atomic E-state index is 12.2. The van der Waals surface area contributed by atoms with Crippen LogP contribution in [0.2, 0.25) is 0 Å². The maximum Gasteiger partial charge on any atom is 0.305 e. The molecule has 1 heterocycles. The van der Waals surface area contributed by atoms with Crippen LogP contribution < -0.4 is 0 Å². The summed E-state index contributed by atoms with van der Waals surface area (Å²) in [5.41, 5.74) is 0. The van der Waals surface area contributed by atoms with Crippen molar-refractivity contribution in [1.82, 2.24) is 4.90 Å². The summed E-state index contributed by atoms with van der Waals surface area (Å²) in [6.45, 7) is 6.16. The highest BCUT2D eigenvalue weighted by atomic mass is 16.5. The second-order valence-corrected chi connectivity index (χ2v) is 7.06. The summed E-state index contributed by atoms with van der Waals surface area (Å²) in [5.74, 6) is 6.14. The third-order valence-corrected chi connectivity index (χ3v) is 4.90. The summed E-state index contributed by atoms with van der Waals surface area (Å²) in [5, 5.41) is 0. The fourth-order valence-corrected chi connectivity index (χ4v) is 3.21. The van der Waals surface area contributed by atoms with Gasteiger partial charge in [-0.25, -0.2) is 0 Å². The van der Waals surface area contributed by atoms with Gasteiger partial charge in [-0.05, 0) is 44.8 Å². The van der Waals surface area contributed by atoms with Gasteiger partial charge in [-0.3, -0.25) is 14.5 Å². The smallest absolute Gasteiger partial charge is 0.305 e. The lowest BCUT2D eigenvalue weighted by molar-refractivity contribution is -0.140. The predicted octanol–water partition coefficient (Wildman–Crippen LogP) is 4.14. The lowest BCUT2D eigenvalue weighted by Crippen LogP contribution is -2.29. The molecular formula is C22H35NO3. The van der Waals surface area contributed by atoms with Crippen LogP contribution in [0.25, 0.3) is 0 Å². The first kappa shape index (κ1) is 22.4. The van der Waals surface area contributed by atoms with Crippen molar-refractivity contribution in [3.8, 4) is 11.8 Å². The highest BCUT2D eigenvalue weighted by molar-refractivity contribution is 5.91. The number of rotatable bonds is 11. The van der Waals surface area contributed by atoms with Crippen LogP contribution in [-0.2, 0) is 14.3 Å². The van der Waals surface area contributed by atoms with Crippen molar-refractivity contribution >= 4 is 11.8 Å². The molecule has 0 aromatic carbocycles. The quantitative estimate of drug-likeness (QED) is 0.240. The SMILES string of the molecule is CCC#CCC(C)C(=O)/C=C/[C@H]1CCCN1CCCCCCC(=O)OC. The van der Waals surface area contributed by atoms with Gasteiger partial charge in [-0.2, -0.15) is 0 Å². The summed E-state index contributed by atoms with van der Waals surface area (Å²) in [7, 11) is 1.44. The molecule has 0 saturated carbocycles. The number of ether oxygens (including phenoxy) is 1. The molecule has 0 radical (unpaired) electrons. The summed E-state index contributed by atoms with van der Waals surface area (Å²) in [6, 6.07) is 0.392. The number of hydrogen-bond acceptors (Lipinski definition) is 4. The number of nitrogens with zero attached hydrogens (tertiary/aromatic N) is 1. The monoisotopic (exact) mass is 361 g/mol. The minimum Gasteiger partial charge on any atom is -0.469 e. The number of carbonyl (C=O) groups is 2. The third kappa shape index (κ3) is 9.20. The minimum atomic E-state index is -0.116. The molecule has 1 aliphatic rings. The Kier molecular flexibility index (Phi) is 11.7. The molecule has 0 amide bonds. The highest BCUT2D eigenvalue weighted by Gasteiger charge is 2.22. The minimum absolute atomic E-state index is 0.0186. The number of ketones is 1. The Morgan fingerprint density at radius 1 is 1.23 bits per heavy atom. The van der Waals surface area contributed by atoms with Gasteiger partial charge >= 0.3 is 5.97 Å².